The Kier molecular flexibility index (Phi) is 8.05. The Labute approximate surface area is 119 Å². The number of nitrogens with one attached hydrogen (secondary N) is 2. The van der Waals surface area contributed by atoms with Gasteiger partial charge in [-0.05, 0) is 19.4 Å². The summed E-state index contributed by atoms with van der Waals surface area (Å²) >= 11 is 6.06. The maximum absolute atomic E-state index is 9.49. The van der Waals surface area contributed by atoms with Crippen LogP contribution in [0, 0.1) is 0 Å². The first-order valence-corrected chi connectivity index (χ1v) is 7.16. The van der Waals surface area contributed by atoms with E-state index in [1.807, 2.05) is 0 Å². The molecular weight excluding hydrogens is 266 g/mol. The molecule has 0 aromatic carbocycles. The number of hydrogen-bond donors (Lipinski definition) is 3. The van der Waals surface area contributed by atoms with Crippen LogP contribution in [0.2, 0.25) is 5.15 Å². The maximum atomic E-state index is 9.49. The van der Waals surface area contributed by atoms with Gasteiger partial charge in [0.2, 0.25) is 0 Å². The number of ether oxygens (including phenoxy) is 1. The lowest BCUT2D eigenvalue weighted by molar-refractivity contribution is 0.0594. The minimum atomic E-state index is -0.421. The van der Waals surface area contributed by atoms with Crippen molar-refractivity contribution in [3.05, 3.63) is 16.7 Å². The molecule has 0 amide bonds. The second-order valence-corrected chi connectivity index (χ2v) is 4.99. The van der Waals surface area contributed by atoms with E-state index in [9.17, 15) is 5.11 Å². The van der Waals surface area contributed by atoms with Crippen molar-refractivity contribution in [2.24, 2.45) is 0 Å². The summed E-state index contributed by atoms with van der Waals surface area (Å²) in [5.74, 6) is 0.947. The van der Waals surface area contributed by atoms with Crippen LogP contribution < -0.4 is 5.32 Å². The van der Waals surface area contributed by atoms with E-state index in [1.54, 1.807) is 7.11 Å². The maximum Gasteiger partial charge on any atom is 0.151 e. The summed E-state index contributed by atoms with van der Waals surface area (Å²) in [7, 11) is 1.58. The third-order valence-electron chi connectivity index (χ3n) is 2.86. The molecule has 1 unspecified atom stereocenters. The Morgan fingerprint density at radius 1 is 1.53 bits per heavy atom. The molecule has 110 valence electrons. The molecule has 19 heavy (non-hydrogen) atoms. The van der Waals surface area contributed by atoms with Gasteiger partial charge in [0.25, 0.3) is 0 Å². The Morgan fingerprint density at radius 2 is 2.32 bits per heavy atom. The molecule has 5 nitrogen and oxygen atoms in total. The average Bonchev–Trinajstić information content (AvgIpc) is 2.73. The SMILES string of the molecule is CCCCc1nc(Cl)c(CNCCC(O)COC)[nH]1. The van der Waals surface area contributed by atoms with Crippen molar-refractivity contribution in [1.29, 1.82) is 0 Å². The molecular formula is C13H24ClN3O2. The van der Waals surface area contributed by atoms with Gasteiger partial charge < -0.3 is 20.1 Å². The number of H-pyrrole nitrogens is 1. The number of aromatic amines is 1. The average molecular weight is 290 g/mol. The van der Waals surface area contributed by atoms with Crippen LogP contribution in [-0.4, -0.2) is 41.4 Å². The Balaban J connectivity index is 2.27. The molecule has 0 saturated heterocycles. The topological polar surface area (TPSA) is 70.2 Å². The van der Waals surface area contributed by atoms with E-state index in [0.29, 0.717) is 31.3 Å². The molecule has 0 aliphatic heterocycles. The number of imidazole rings is 1. The quantitative estimate of drug-likeness (QED) is 0.575. The van der Waals surface area contributed by atoms with Crippen LogP contribution in [0.25, 0.3) is 0 Å². The second-order valence-electron chi connectivity index (χ2n) is 4.63. The summed E-state index contributed by atoms with van der Waals surface area (Å²) in [6, 6.07) is 0. The number of aliphatic hydroxyl groups excluding tert-OH is 1. The van der Waals surface area contributed by atoms with Crippen LogP contribution in [0.1, 0.15) is 37.7 Å². The van der Waals surface area contributed by atoms with Crippen LogP contribution in [0.4, 0.5) is 0 Å². The first-order valence-electron chi connectivity index (χ1n) is 6.78. The number of unbranched alkanes of at least 4 members (excludes halogenated alkanes) is 1. The molecule has 0 radical (unpaired) electrons. The van der Waals surface area contributed by atoms with Crippen LogP contribution in [0.15, 0.2) is 0 Å². The van der Waals surface area contributed by atoms with Gasteiger partial charge in [0.1, 0.15) is 5.82 Å². The summed E-state index contributed by atoms with van der Waals surface area (Å²) in [5, 5.41) is 13.3. The number of halogens is 1. The van der Waals surface area contributed by atoms with Crippen molar-refractivity contribution in [2.45, 2.75) is 45.3 Å². The van der Waals surface area contributed by atoms with E-state index < -0.39 is 6.10 Å². The van der Waals surface area contributed by atoms with Gasteiger partial charge >= 0.3 is 0 Å². The molecule has 1 rings (SSSR count). The van der Waals surface area contributed by atoms with Gasteiger partial charge in [-0.1, -0.05) is 24.9 Å². The van der Waals surface area contributed by atoms with Gasteiger partial charge in [-0.3, -0.25) is 0 Å². The lowest BCUT2D eigenvalue weighted by atomic mass is 10.2. The van der Waals surface area contributed by atoms with Crippen molar-refractivity contribution in [3.8, 4) is 0 Å². The summed E-state index contributed by atoms with van der Waals surface area (Å²) in [5.41, 5.74) is 0.911. The zero-order chi connectivity index (χ0) is 14.1. The highest BCUT2D eigenvalue weighted by molar-refractivity contribution is 6.30. The van der Waals surface area contributed by atoms with Gasteiger partial charge in [-0.2, -0.15) is 0 Å². The zero-order valence-electron chi connectivity index (χ0n) is 11.7. The number of aliphatic hydroxyl groups is 1. The molecule has 6 heteroatoms. The molecule has 1 heterocycles. The number of aryl methyl sites for hydroxylation is 1. The lowest BCUT2D eigenvalue weighted by Crippen LogP contribution is -2.23. The monoisotopic (exact) mass is 289 g/mol. The highest BCUT2D eigenvalue weighted by atomic mass is 35.5. The molecule has 1 aromatic rings. The van der Waals surface area contributed by atoms with E-state index in [1.165, 1.54) is 0 Å². The fraction of sp³-hybridized carbons (Fsp3) is 0.769. The van der Waals surface area contributed by atoms with Crippen molar-refractivity contribution in [3.63, 3.8) is 0 Å². The lowest BCUT2D eigenvalue weighted by Gasteiger charge is -2.09. The van der Waals surface area contributed by atoms with Crippen LogP contribution in [-0.2, 0) is 17.7 Å². The molecule has 1 aromatic heterocycles. The van der Waals surface area contributed by atoms with Crippen LogP contribution >= 0.6 is 11.6 Å². The fourth-order valence-electron chi connectivity index (χ4n) is 1.78. The molecule has 1 atom stereocenters. The van der Waals surface area contributed by atoms with Gasteiger partial charge in [-0.15, -0.1) is 0 Å². The predicted molar refractivity (Wildman–Crippen MR) is 76.4 cm³/mol. The number of rotatable bonds is 10. The number of nitrogens with zero attached hydrogens (tertiary/aromatic N) is 1. The predicted octanol–water partition coefficient (Wildman–Crippen LogP) is 1.89. The Hall–Kier alpha value is -0.620. The number of aromatic nitrogens is 2. The standard InChI is InChI=1S/C13H24ClN3O2/c1-3-4-5-12-16-11(13(14)17-12)8-15-7-6-10(18)9-19-2/h10,15,18H,3-9H2,1-2H3,(H,16,17). The third kappa shape index (κ3) is 6.38. The highest BCUT2D eigenvalue weighted by Crippen LogP contribution is 2.13. The molecule has 3 N–H and O–H groups in total. The normalized spacial score (nSPS) is 12.8. The largest absolute Gasteiger partial charge is 0.391 e. The van der Waals surface area contributed by atoms with Gasteiger partial charge in [-0.25, -0.2) is 4.98 Å². The molecule has 0 aliphatic rings. The van der Waals surface area contributed by atoms with Crippen LogP contribution in [0.3, 0.4) is 0 Å². The molecule has 0 fully saturated rings. The van der Waals surface area contributed by atoms with Crippen molar-refractivity contribution < 1.29 is 9.84 Å². The molecule has 0 aliphatic carbocycles. The van der Waals surface area contributed by atoms with Gasteiger partial charge in [0.15, 0.2) is 5.15 Å². The van der Waals surface area contributed by atoms with E-state index in [2.05, 4.69) is 22.2 Å². The van der Waals surface area contributed by atoms with E-state index in [4.69, 9.17) is 16.3 Å². The third-order valence-corrected chi connectivity index (χ3v) is 3.17. The summed E-state index contributed by atoms with van der Waals surface area (Å²) in [4.78, 5) is 7.53. The summed E-state index contributed by atoms with van der Waals surface area (Å²) < 4.78 is 4.86. The van der Waals surface area contributed by atoms with Crippen LogP contribution in [0.5, 0.6) is 0 Å². The highest BCUT2D eigenvalue weighted by Gasteiger charge is 2.08. The fourth-order valence-corrected chi connectivity index (χ4v) is 1.99. The Bertz CT molecular complexity index is 358. The second kappa shape index (κ2) is 9.31. The van der Waals surface area contributed by atoms with Crippen molar-refractivity contribution in [1.82, 2.24) is 15.3 Å². The van der Waals surface area contributed by atoms with Crippen molar-refractivity contribution in [2.75, 3.05) is 20.3 Å². The minimum absolute atomic E-state index is 0.369. The van der Waals surface area contributed by atoms with Gasteiger partial charge in [0, 0.05) is 20.1 Å². The van der Waals surface area contributed by atoms with Crippen molar-refractivity contribution >= 4 is 11.6 Å². The summed E-state index contributed by atoms with van der Waals surface area (Å²) in [6.45, 7) is 3.87. The minimum Gasteiger partial charge on any atom is -0.391 e. The van der Waals surface area contributed by atoms with E-state index >= 15 is 0 Å². The first-order chi connectivity index (χ1) is 9.17. The smallest absolute Gasteiger partial charge is 0.151 e. The zero-order valence-corrected chi connectivity index (χ0v) is 12.5. The number of hydrogen-bond acceptors (Lipinski definition) is 4. The summed E-state index contributed by atoms with van der Waals surface area (Å²) in [6.07, 6.45) is 3.42. The van der Waals surface area contributed by atoms with Gasteiger partial charge in [0.05, 0.1) is 18.4 Å². The van der Waals surface area contributed by atoms with E-state index in [0.717, 1.165) is 30.8 Å². The molecule has 0 bridgehead atoms. The molecule has 0 spiro atoms. The Morgan fingerprint density at radius 3 is 3.00 bits per heavy atom. The van der Waals surface area contributed by atoms with E-state index in [-0.39, 0.29) is 0 Å². The first kappa shape index (κ1) is 16.4. The number of methoxy groups -OCH3 is 1. The molecule has 0 saturated carbocycles.